The smallest absolute Gasteiger partial charge is 0.415 e. The molecular weight excluding hydrogens is 320 g/mol. The van der Waals surface area contributed by atoms with Crippen LogP contribution < -0.4 is 10.1 Å². The van der Waals surface area contributed by atoms with E-state index in [4.69, 9.17) is 9.47 Å². The van der Waals surface area contributed by atoms with Gasteiger partial charge in [0, 0.05) is 24.8 Å². The zero-order valence-corrected chi connectivity index (χ0v) is 14.4. The maximum absolute atomic E-state index is 12.4. The Morgan fingerprint density at radius 1 is 1.04 bits per heavy atom. The normalized spacial score (nSPS) is 10.0. The summed E-state index contributed by atoms with van der Waals surface area (Å²) in [5.41, 5.74) is 1.52. The van der Waals surface area contributed by atoms with Crippen molar-refractivity contribution in [3.63, 3.8) is 0 Å². The van der Waals surface area contributed by atoms with Crippen molar-refractivity contribution in [1.82, 2.24) is 4.90 Å². The van der Waals surface area contributed by atoms with Gasteiger partial charge in [0.2, 0.25) is 0 Å². The summed E-state index contributed by atoms with van der Waals surface area (Å²) in [4.78, 5) is 25.4. The van der Waals surface area contributed by atoms with Gasteiger partial charge in [-0.25, -0.2) is 9.59 Å². The quantitative estimate of drug-likeness (QED) is 0.851. The van der Waals surface area contributed by atoms with Crippen LogP contribution in [0.3, 0.4) is 0 Å². The Morgan fingerprint density at radius 2 is 1.80 bits per heavy atom. The van der Waals surface area contributed by atoms with Gasteiger partial charge in [-0.3, -0.25) is 5.32 Å². The molecule has 6 nitrogen and oxygen atoms in total. The molecule has 2 aromatic carbocycles. The second kappa shape index (κ2) is 9.32. The third-order valence-electron chi connectivity index (χ3n) is 3.42. The van der Waals surface area contributed by atoms with Gasteiger partial charge in [0.25, 0.3) is 0 Å². The van der Waals surface area contributed by atoms with Crippen LogP contribution >= 0.6 is 0 Å². The van der Waals surface area contributed by atoms with E-state index in [-0.39, 0.29) is 6.61 Å². The highest BCUT2D eigenvalue weighted by Gasteiger charge is 2.15. The molecule has 6 heteroatoms. The van der Waals surface area contributed by atoms with Crippen molar-refractivity contribution < 1.29 is 19.1 Å². The molecule has 0 radical (unpaired) electrons. The number of carbonyl (C=O) groups excluding carboxylic acids is 2. The number of hydrogen-bond acceptors (Lipinski definition) is 4. The molecule has 0 unspecified atom stereocenters. The Labute approximate surface area is 147 Å². The third kappa shape index (κ3) is 5.84. The van der Waals surface area contributed by atoms with Crippen molar-refractivity contribution in [2.45, 2.75) is 20.4 Å². The van der Waals surface area contributed by atoms with E-state index in [1.165, 1.54) is 0 Å². The molecule has 1 N–H and O–H groups in total. The molecule has 0 aliphatic rings. The zero-order chi connectivity index (χ0) is 18.1. The SMILES string of the molecule is CCOC(=O)Nc1cccc(OC(=O)N(CC)Cc2ccccc2)c1. The molecule has 0 spiro atoms. The van der Waals surface area contributed by atoms with Gasteiger partial charge in [0.05, 0.1) is 6.61 Å². The lowest BCUT2D eigenvalue weighted by atomic mass is 10.2. The van der Waals surface area contributed by atoms with E-state index >= 15 is 0 Å². The van der Waals surface area contributed by atoms with Gasteiger partial charge < -0.3 is 14.4 Å². The molecule has 2 amide bonds. The Morgan fingerprint density at radius 3 is 2.48 bits per heavy atom. The van der Waals surface area contributed by atoms with Crippen LogP contribution in [0.25, 0.3) is 0 Å². The number of ether oxygens (including phenoxy) is 2. The van der Waals surface area contributed by atoms with Crippen LogP contribution in [0.1, 0.15) is 19.4 Å². The number of amides is 2. The minimum absolute atomic E-state index is 0.283. The van der Waals surface area contributed by atoms with Crippen molar-refractivity contribution in [3.05, 3.63) is 60.2 Å². The molecule has 0 bridgehead atoms. The average Bonchev–Trinajstić information content (AvgIpc) is 2.61. The highest BCUT2D eigenvalue weighted by molar-refractivity contribution is 5.85. The summed E-state index contributed by atoms with van der Waals surface area (Å²) in [7, 11) is 0. The van der Waals surface area contributed by atoms with Crippen LogP contribution in [0.4, 0.5) is 15.3 Å². The lowest BCUT2D eigenvalue weighted by molar-refractivity contribution is 0.152. The van der Waals surface area contributed by atoms with E-state index in [0.717, 1.165) is 5.56 Å². The molecule has 0 aliphatic carbocycles. The molecule has 0 fully saturated rings. The fraction of sp³-hybridized carbons (Fsp3) is 0.263. The van der Waals surface area contributed by atoms with E-state index < -0.39 is 12.2 Å². The van der Waals surface area contributed by atoms with Crippen LogP contribution in [0.5, 0.6) is 5.75 Å². The van der Waals surface area contributed by atoms with Crippen LogP contribution in [-0.4, -0.2) is 30.2 Å². The molecule has 0 heterocycles. The van der Waals surface area contributed by atoms with Crippen molar-refractivity contribution in [1.29, 1.82) is 0 Å². The van der Waals surface area contributed by atoms with Crippen molar-refractivity contribution in [3.8, 4) is 5.75 Å². The predicted octanol–water partition coefficient (Wildman–Crippen LogP) is 4.28. The fourth-order valence-corrected chi connectivity index (χ4v) is 2.20. The minimum atomic E-state index is -0.551. The number of hydrogen-bond donors (Lipinski definition) is 1. The van der Waals surface area contributed by atoms with Gasteiger partial charge in [-0.05, 0) is 31.5 Å². The van der Waals surface area contributed by atoms with Gasteiger partial charge >= 0.3 is 12.2 Å². The van der Waals surface area contributed by atoms with Crippen molar-refractivity contribution in [2.75, 3.05) is 18.5 Å². The Hall–Kier alpha value is -3.02. The van der Waals surface area contributed by atoms with Crippen molar-refractivity contribution in [2.24, 2.45) is 0 Å². The maximum atomic E-state index is 12.4. The standard InChI is InChI=1S/C19H22N2O4/c1-3-21(14-15-9-6-5-7-10-15)19(23)25-17-12-8-11-16(13-17)20-18(22)24-4-2/h5-13H,3-4,14H2,1-2H3,(H,20,22). The van der Waals surface area contributed by atoms with Crippen LogP contribution in [0.15, 0.2) is 54.6 Å². The lowest BCUT2D eigenvalue weighted by Gasteiger charge is -2.20. The maximum Gasteiger partial charge on any atom is 0.415 e. The summed E-state index contributed by atoms with van der Waals surface area (Å²) in [6.07, 6.45) is -0.995. The zero-order valence-electron chi connectivity index (χ0n) is 14.4. The number of carbonyl (C=O) groups is 2. The van der Waals surface area contributed by atoms with Crippen LogP contribution in [0, 0.1) is 0 Å². The second-order valence-electron chi connectivity index (χ2n) is 5.24. The summed E-state index contributed by atoms with van der Waals surface area (Å²) in [6.45, 7) is 4.89. The first-order chi connectivity index (χ1) is 12.1. The molecule has 0 aromatic heterocycles. The molecular formula is C19H22N2O4. The highest BCUT2D eigenvalue weighted by Crippen LogP contribution is 2.19. The van der Waals surface area contributed by atoms with Gasteiger partial charge in [-0.15, -0.1) is 0 Å². The van der Waals surface area contributed by atoms with E-state index in [1.807, 2.05) is 37.3 Å². The summed E-state index contributed by atoms with van der Waals surface area (Å²) >= 11 is 0. The third-order valence-corrected chi connectivity index (χ3v) is 3.42. The molecule has 2 aromatic rings. The van der Waals surface area contributed by atoms with Crippen molar-refractivity contribution >= 4 is 17.9 Å². The number of anilines is 1. The Kier molecular flexibility index (Phi) is 6.83. The highest BCUT2D eigenvalue weighted by atomic mass is 16.6. The average molecular weight is 342 g/mol. The molecule has 0 saturated heterocycles. The number of nitrogens with one attached hydrogen (secondary N) is 1. The molecule has 0 saturated carbocycles. The fourth-order valence-electron chi connectivity index (χ4n) is 2.20. The number of rotatable bonds is 6. The summed E-state index contributed by atoms with van der Waals surface area (Å²) in [5, 5.41) is 2.57. The van der Waals surface area contributed by atoms with Gasteiger partial charge in [-0.1, -0.05) is 36.4 Å². The summed E-state index contributed by atoms with van der Waals surface area (Å²) < 4.78 is 10.2. The van der Waals surface area contributed by atoms with Gasteiger partial charge in [0.15, 0.2) is 0 Å². The molecule has 132 valence electrons. The first kappa shape index (κ1) is 18.3. The van der Waals surface area contributed by atoms with Crippen LogP contribution in [-0.2, 0) is 11.3 Å². The van der Waals surface area contributed by atoms with Gasteiger partial charge in [-0.2, -0.15) is 0 Å². The Bertz CT molecular complexity index is 704. The summed E-state index contributed by atoms with van der Waals surface area (Å²) in [6, 6.07) is 16.3. The number of nitrogens with zero attached hydrogens (tertiary/aromatic N) is 1. The van der Waals surface area contributed by atoms with E-state index in [1.54, 1.807) is 36.1 Å². The topological polar surface area (TPSA) is 67.9 Å². The molecule has 2 rings (SSSR count). The lowest BCUT2D eigenvalue weighted by Crippen LogP contribution is -2.32. The van der Waals surface area contributed by atoms with E-state index in [9.17, 15) is 9.59 Å². The molecule has 25 heavy (non-hydrogen) atoms. The Balaban J connectivity index is 1.99. The summed E-state index contributed by atoms with van der Waals surface area (Å²) in [5.74, 6) is 0.353. The van der Waals surface area contributed by atoms with E-state index in [2.05, 4.69) is 5.32 Å². The number of benzene rings is 2. The molecule has 0 atom stereocenters. The first-order valence-electron chi connectivity index (χ1n) is 8.17. The first-order valence-corrected chi connectivity index (χ1v) is 8.17. The monoisotopic (exact) mass is 342 g/mol. The largest absolute Gasteiger partial charge is 0.450 e. The van der Waals surface area contributed by atoms with Crippen LogP contribution in [0.2, 0.25) is 0 Å². The second-order valence-corrected chi connectivity index (χ2v) is 5.24. The van der Waals surface area contributed by atoms with E-state index in [0.29, 0.717) is 24.5 Å². The predicted molar refractivity (Wildman–Crippen MR) is 95.6 cm³/mol. The minimum Gasteiger partial charge on any atom is -0.450 e. The molecule has 0 aliphatic heterocycles. The van der Waals surface area contributed by atoms with Gasteiger partial charge in [0.1, 0.15) is 5.75 Å².